The largest absolute Gasteiger partial charge is 0.369 e. The number of amides is 1. The van der Waals surface area contributed by atoms with Crippen molar-refractivity contribution < 1.29 is 9.59 Å². The first-order chi connectivity index (χ1) is 13.1. The minimum atomic E-state index is -0.372. The number of hydrogen-bond donors (Lipinski definition) is 1. The summed E-state index contributed by atoms with van der Waals surface area (Å²) in [6.45, 7) is 8.04. The second-order valence-corrected chi connectivity index (χ2v) is 10.2. The Morgan fingerprint density at radius 1 is 1.36 bits per heavy atom. The lowest BCUT2D eigenvalue weighted by molar-refractivity contribution is -0.117. The number of thiazole rings is 1. The Morgan fingerprint density at radius 2 is 2.04 bits per heavy atom. The normalized spacial score (nSPS) is 17.6. The number of primary amides is 1. The number of benzene rings is 1. The molecule has 28 heavy (non-hydrogen) atoms. The Balaban J connectivity index is 1.78. The lowest BCUT2D eigenvalue weighted by atomic mass is 9.83. The van der Waals surface area contributed by atoms with Gasteiger partial charge in [-0.05, 0) is 25.5 Å². The molecule has 0 aliphatic carbocycles. The fourth-order valence-electron chi connectivity index (χ4n) is 3.49. The summed E-state index contributed by atoms with van der Waals surface area (Å²) in [4.78, 5) is 31.5. The highest BCUT2D eigenvalue weighted by atomic mass is 32.2. The number of allylic oxidation sites excluding steroid dienone is 2. The van der Waals surface area contributed by atoms with Crippen molar-refractivity contribution in [2.24, 2.45) is 5.73 Å². The molecule has 1 atom stereocenters. The van der Waals surface area contributed by atoms with E-state index < -0.39 is 0 Å². The van der Waals surface area contributed by atoms with Crippen LogP contribution in [-0.2, 0) is 21.4 Å². The van der Waals surface area contributed by atoms with Gasteiger partial charge < -0.3 is 10.6 Å². The maximum atomic E-state index is 12.9. The highest BCUT2D eigenvalue weighted by molar-refractivity contribution is 8.02. The highest BCUT2D eigenvalue weighted by Gasteiger charge is 2.38. The molecule has 0 saturated carbocycles. The Bertz CT molecular complexity index is 962. The van der Waals surface area contributed by atoms with Crippen LogP contribution >= 0.6 is 23.1 Å². The molecule has 1 aromatic heterocycles. The minimum absolute atomic E-state index is 0.0528. The molecular weight excluding hydrogens is 390 g/mol. The average molecular weight is 416 g/mol. The zero-order valence-electron chi connectivity index (χ0n) is 16.8. The van der Waals surface area contributed by atoms with Gasteiger partial charge in [0.1, 0.15) is 0 Å². The van der Waals surface area contributed by atoms with Crippen LogP contribution in [0.5, 0.6) is 0 Å². The van der Waals surface area contributed by atoms with Gasteiger partial charge in [-0.3, -0.25) is 9.59 Å². The second kappa shape index (κ2) is 7.72. The number of nitrogens with two attached hydrogens (primary N) is 1. The molecule has 1 aliphatic rings. The monoisotopic (exact) mass is 415 g/mol. The van der Waals surface area contributed by atoms with Crippen LogP contribution in [0.3, 0.4) is 0 Å². The summed E-state index contributed by atoms with van der Waals surface area (Å²) in [5, 5.41) is -0.271. The number of aryl methyl sites for hydroxylation is 1. The molecule has 2 heterocycles. The number of likely N-dealkylation sites (N-methyl/N-ethyl adjacent to an activating group) is 1. The van der Waals surface area contributed by atoms with Crippen molar-refractivity contribution in [2.45, 2.75) is 49.1 Å². The Hall–Kier alpha value is -2.12. The number of aromatic nitrogens is 1. The number of carbonyl (C=O) groups excluding carboxylic acids is 2. The van der Waals surface area contributed by atoms with E-state index in [0.29, 0.717) is 0 Å². The number of anilines is 1. The van der Waals surface area contributed by atoms with Crippen molar-refractivity contribution in [1.82, 2.24) is 4.98 Å². The lowest BCUT2D eigenvalue weighted by Crippen LogP contribution is -2.25. The molecule has 0 bridgehead atoms. The number of carbonyl (C=O) groups is 2. The van der Waals surface area contributed by atoms with E-state index in [0.717, 1.165) is 26.3 Å². The van der Waals surface area contributed by atoms with Crippen molar-refractivity contribution >= 4 is 40.5 Å². The van der Waals surface area contributed by atoms with E-state index in [1.165, 1.54) is 28.7 Å². The molecule has 2 N–H and O–H groups in total. The molecule has 0 spiro atoms. The molecule has 0 fully saturated rings. The molecule has 0 radical (unpaired) electrons. The zero-order chi connectivity index (χ0) is 20.6. The number of hydrogen-bond acceptors (Lipinski definition) is 6. The van der Waals surface area contributed by atoms with Crippen LogP contribution in [0.25, 0.3) is 0 Å². The Morgan fingerprint density at radius 3 is 2.68 bits per heavy atom. The van der Waals surface area contributed by atoms with Crippen molar-refractivity contribution in [1.29, 1.82) is 0 Å². The predicted octanol–water partition coefficient (Wildman–Crippen LogP) is 3.84. The third kappa shape index (κ3) is 3.86. The van der Waals surface area contributed by atoms with Crippen LogP contribution in [0, 0.1) is 6.92 Å². The Labute approximate surface area is 174 Å². The SMILES string of the molecule is Cc1nc(SC(C)C(=O)C=C2N(C)c3ccccc3C2(C)C)sc1CC(N)=O. The molecule has 1 amide bonds. The van der Waals surface area contributed by atoms with E-state index in [1.807, 2.05) is 33.0 Å². The summed E-state index contributed by atoms with van der Waals surface area (Å²) in [6, 6.07) is 8.25. The van der Waals surface area contributed by atoms with Crippen LogP contribution in [-0.4, -0.2) is 29.0 Å². The standard InChI is InChI=1S/C21H25N3O2S2/c1-12-17(11-19(22)26)28-20(23-12)27-13(2)16(25)10-18-21(3,4)14-8-6-7-9-15(14)24(18)5/h6-10,13H,11H2,1-5H3,(H2,22,26). The van der Waals surface area contributed by atoms with E-state index in [4.69, 9.17) is 5.73 Å². The topological polar surface area (TPSA) is 76.3 Å². The molecule has 3 rings (SSSR count). The van der Waals surface area contributed by atoms with Crippen molar-refractivity contribution in [3.05, 3.63) is 52.2 Å². The predicted molar refractivity (Wildman–Crippen MR) is 116 cm³/mol. The molecule has 1 aliphatic heterocycles. The van der Waals surface area contributed by atoms with Gasteiger partial charge in [0.15, 0.2) is 10.1 Å². The maximum absolute atomic E-state index is 12.9. The van der Waals surface area contributed by atoms with Crippen molar-refractivity contribution in [2.75, 3.05) is 11.9 Å². The smallest absolute Gasteiger partial charge is 0.222 e. The Kier molecular flexibility index (Phi) is 5.68. The van der Waals surface area contributed by atoms with Gasteiger partial charge in [0.05, 0.1) is 17.4 Å². The number of rotatable bonds is 6. The number of ketones is 1. The van der Waals surface area contributed by atoms with Crippen LogP contribution in [0.2, 0.25) is 0 Å². The zero-order valence-corrected chi connectivity index (χ0v) is 18.4. The van der Waals surface area contributed by atoms with Crippen LogP contribution in [0.1, 0.15) is 36.9 Å². The van der Waals surface area contributed by atoms with Crippen molar-refractivity contribution in [3.63, 3.8) is 0 Å². The number of para-hydroxylation sites is 1. The molecule has 0 saturated heterocycles. The quantitative estimate of drug-likeness (QED) is 0.573. The molecule has 1 unspecified atom stereocenters. The number of fused-ring (bicyclic) bond motifs is 1. The van der Waals surface area contributed by atoms with Gasteiger partial charge in [0.25, 0.3) is 0 Å². The van der Waals surface area contributed by atoms with Crippen molar-refractivity contribution in [3.8, 4) is 0 Å². The lowest BCUT2D eigenvalue weighted by Gasteiger charge is -2.24. The second-order valence-electron chi connectivity index (χ2n) is 7.52. The highest BCUT2D eigenvalue weighted by Crippen LogP contribution is 2.46. The number of thioether (sulfide) groups is 1. The summed E-state index contributed by atoms with van der Waals surface area (Å²) >= 11 is 2.86. The fraction of sp³-hybridized carbons (Fsp3) is 0.381. The summed E-state index contributed by atoms with van der Waals surface area (Å²) < 4.78 is 0.787. The van der Waals surface area contributed by atoms with Crippen LogP contribution < -0.4 is 10.6 Å². The molecule has 5 nitrogen and oxygen atoms in total. The van der Waals surface area contributed by atoms with E-state index >= 15 is 0 Å². The minimum Gasteiger partial charge on any atom is -0.369 e. The molecule has 7 heteroatoms. The molecule has 148 valence electrons. The van der Waals surface area contributed by atoms with Gasteiger partial charge in [-0.25, -0.2) is 4.98 Å². The summed E-state index contributed by atoms with van der Waals surface area (Å²) in [7, 11) is 2.00. The van der Waals surface area contributed by atoms with E-state index in [1.54, 1.807) is 6.08 Å². The third-order valence-electron chi connectivity index (χ3n) is 5.11. The summed E-state index contributed by atoms with van der Waals surface area (Å²) in [5.41, 5.74) is 9.22. The summed E-state index contributed by atoms with van der Waals surface area (Å²) in [5.74, 6) is -0.319. The molecule has 1 aromatic carbocycles. The third-order valence-corrected chi connectivity index (χ3v) is 7.48. The van der Waals surface area contributed by atoms with Crippen LogP contribution in [0.15, 0.2) is 40.4 Å². The van der Waals surface area contributed by atoms with E-state index in [2.05, 4.69) is 35.9 Å². The van der Waals surface area contributed by atoms with Gasteiger partial charge in [0.2, 0.25) is 5.91 Å². The van der Waals surface area contributed by atoms with Gasteiger partial charge in [-0.15, -0.1) is 11.3 Å². The van der Waals surface area contributed by atoms with E-state index in [-0.39, 0.29) is 28.8 Å². The fourth-order valence-corrected chi connectivity index (χ4v) is 5.90. The van der Waals surface area contributed by atoms with E-state index in [9.17, 15) is 9.59 Å². The van der Waals surface area contributed by atoms with Gasteiger partial charge in [-0.1, -0.05) is 43.8 Å². The molecule has 2 aromatic rings. The maximum Gasteiger partial charge on any atom is 0.222 e. The first kappa shape index (κ1) is 20.6. The first-order valence-corrected chi connectivity index (χ1v) is 10.8. The molecular formula is C21H25N3O2S2. The van der Waals surface area contributed by atoms with Crippen LogP contribution in [0.4, 0.5) is 5.69 Å². The first-order valence-electron chi connectivity index (χ1n) is 9.11. The number of nitrogens with zero attached hydrogens (tertiary/aromatic N) is 2. The average Bonchev–Trinajstić information content (AvgIpc) is 3.04. The summed E-state index contributed by atoms with van der Waals surface area (Å²) in [6.07, 6.45) is 1.95. The van der Waals surface area contributed by atoms with Gasteiger partial charge >= 0.3 is 0 Å². The van der Waals surface area contributed by atoms with Gasteiger partial charge in [0, 0.05) is 34.8 Å². The van der Waals surface area contributed by atoms with Gasteiger partial charge in [-0.2, -0.15) is 0 Å².